The molecule has 5 heteroatoms. The van der Waals surface area contributed by atoms with Crippen LogP contribution in [0.15, 0.2) is 5.51 Å². The maximum Gasteiger partial charge on any atom is 0.323 e. The van der Waals surface area contributed by atoms with E-state index >= 15 is 0 Å². The molecule has 14 heavy (non-hydrogen) atoms. The van der Waals surface area contributed by atoms with Gasteiger partial charge in [0.15, 0.2) is 0 Å². The molecule has 0 spiro atoms. The fourth-order valence-corrected chi connectivity index (χ4v) is 2.32. The lowest BCUT2D eigenvalue weighted by Crippen LogP contribution is -2.42. The van der Waals surface area contributed by atoms with E-state index in [-0.39, 0.29) is 12.0 Å². The van der Waals surface area contributed by atoms with Crippen LogP contribution in [0.25, 0.3) is 0 Å². The molecular weight excluding hydrogens is 200 g/mol. The van der Waals surface area contributed by atoms with E-state index in [1.54, 1.807) is 11.3 Å². The number of fused-ring (bicyclic) bond motifs is 1. The van der Waals surface area contributed by atoms with Crippen molar-refractivity contribution >= 4 is 17.3 Å². The van der Waals surface area contributed by atoms with Crippen molar-refractivity contribution in [2.45, 2.75) is 25.9 Å². The van der Waals surface area contributed by atoms with E-state index in [1.165, 1.54) is 4.88 Å². The summed E-state index contributed by atoms with van der Waals surface area (Å²) < 4.78 is 4.96. The number of carbonyl (C=O) groups is 1. The molecule has 0 saturated heterocycles. The lowest BCUT2D eigenvalue weighted by Gasteiger charge is -2.20. The molecule has 1 unspecified atom stereocenters. The molecule has 4 nitrogen and oxygen atoms in total. The molecule has 0 radical (unpaired) electrons. The minimum absolute atomic E-state index is 0.161. The summed E-state index contributed by atoms with van der Waals surface area (Å²) in [5.74, 6) is -0.161. The van der Waals surface area contributed by atoms with Gasteiger partial charge >= 0.3 is 5.97 Å². The number of rotatable bonds is 2. The maximum atomic E-state index is 11.4. The van der Waals surface area contributed by atoms with Crippen molar-refractivity contribution in [1.82, 2.24) is 10.3 Å². The number of thiazole rings is 1. The fraction of sp³-hybridized carbons (Fsp3) is 0.556. The van der Waals surface area contributed by atoms with E-state index in [4.69, 9.17) is 4.74 Å². The zero-order valence-corrected chi connectivity index (χ0v) is 8.76. The summed E-state index contributed by atoms with van der Waals surface area (Å²) >= 11 is 1.61. The predicted octanol–water partition coefficient (Wildman–Crippen LogP) is 0.720. The second-order valence-electron chi connectivity index (χ2n) is 3.11. The minimum Gasteiger partial charge on any atom is -0.465 e. The zero-order valence-electron chi connectivity index (χ0n) is 7.95. The summed E-state index contributed by atoms with van der Waals surface area (Å²) in [6.45, 7) is 2.92. The average Bonchev–Trinajstić information content (AvgIpc) is 2.64. The molecule has 0 saturated carbocycles. The molecule has 0 aromatic carbocycles. The van der Waals surface area contributed by atoms with Gasteiger partial charge in [-0.25, -0.2) is 4.98 Å². The fourth-order valence-electron chi connectivity index (χ4n) is 1.49. The van der Waals surface area contributed by atoms with Gasteiger partial charge < -0.3 is 4.74 Å². The molecule has 1 N–H and O–H groups in total. The molecular formula is C9H12N2O2S. The van der Waals surface area contributed by atoms with Gasteiger partial charge in [0.25, 0.3) is 0 Å². The van der Waals surface area contributed by atoms with Crippen molar-refractivity contribution in [3.63, 3.8) is 0 Å². The number of hydrogen-bond donors (Lipinski definition) is 1. The van der Waals surface area contributed by atoms with E-state index in [0.717, 1.165) is 5.69 Å². The van der Waals surface area contributed by atoms with Crippen LogP contribution in [0, 0.1) is 0 Å². The van der Waals surface area contributed by atoms with E-state index in [1.807, 2.05) is 12.4 Å². The Morgan fingerprint density at radius 3 is 3.50 bits per heavy atom. The van der Waals surface area contributed by atoms with Crippen molar-refractivity contribution in [3.8, 4) is 0 Å². The van der Waals surface area contributed by atoms with Crippen molar-refractivity contribution in [3.05, 3.63) is 16.1 Å². The van der Waals surface area contributed by atoms with Crippen LogP contribution in [0.5, 0.6) is 0 Å². The molecule has 1 atom stereocenters. The Labute approximate surface area is 86.3 Å². The summed E-state index contributed by atoms with van der Waals surface area (Å²) in [6, 6.07) is -0.192. The first-order valence-electron chi connectivity index (χ1n) is 4.62. The van der Waals surface area contributed by atoms with Gasteiger partial charge in [0.2, 0.25) is 0 Å². The standard InChI is InChI=1S/C9H12N2O2S/c1-2-13-9(12)6-3-8-7(4-10-6)11-5-14-8/h5-6,10H,2-4H2,1H3. The van der Waals surface area contributed by atoms with Crippen molar-refractivity contribution in [2.24, 2.45) is 0 Å². The summed E-state index contributed by atoms with van der Waals surface area (Å²) in [5.41, 5.74) is 2.88. The number of nitrogens with one attached hydrogen (secondary N) is 1. The van der Waals surface area contributed by atoms with Gasteiger partial charge in [-0.05, 0) is 6.92 Å². The highest BCUT2D eigenvalue weighted by atomic mass is 32.1. The third-order valence-electron chi connectivity index (χ3n) is 2.20. The molecule has 2 rings (SSSR count). The molecule has 0 bridgehead atoms. The number of nitrogens with zero attached hydrogens (tertiary/aromatic N) is 1. The number of aromatic nitrogens is 1. The van der Waals surface area contributed by atoms with Gasteiger partial charge in [0, 0.05) is 17.8 Å². The van der Waals surface area contributed by atoms with Gasteiger partial charge in [-0.15, -0.1) is 11.3 Å². The summed E-state index contributed by atoms with van der Waals surface area (Å²) in [4.78, 5) is 16.8. The minimum atomic E-state index is -0.192. The summed E-state index contributed by atoms with van der Waals surface area (Å²) in [5, 5.41) is 3.12. The predicted molar refractivity (Wildman–Crippen MR) is 53.1 cm³/mol. The van der Waals surface area contributed by atoms with Crippen LogP contribution in [-0.4, -0.2) is 23.6 Å². The Balaban J connectivity index is 2.04. The van der Waals surface area contributed by atoms with Crippen LogP contribution in [-0.2, 0) is 22.5 Å². The average molecular weight is 212 g/mol. The molecule has 1 aromatic heterocycles. The van der Waals surface area contributed by atoms with Gasteiger partial charge in [0.1, 0.15) is 6.04 Å². The van der Waals surface area contributed by atoms with Crippen LogP contribution in [0.4, 0.5) is 0 Å². The molecule has 1 aromatic rings. The first-order chi connectivity index (χ1) is 6.81. The molecule has 1 aliphatic heterocycles. The highest BCUT2D eigenvalue weighted by Gasteiger charge is 2.26. The summed E-state index contributed by atoms with van der Waals surface area (Å²) in [6.07, 6.45) is 0.707. The van der Waals surface area contributed by atoms with Crippen LogP contribution >= 0.6 is 11.3 Å². The second kappa shape index (κ2) is 4.06. The van der Waals surface area contributed by atoms with E-state index in [9.17, 15) is 4.79 Å². The third-order valence-corrected chi connectivity index (χ3v) is 3.10. The van der Waals surface area contributed by atoms with Crippen LogP contribution in [0.2, 0.25) is 0 Å². The SMILES string of the molecule is CCOC(=O)C1Cc2scnc2CN1. The van der Waals surface area contributed by atoms with E-state index < -0.39 is 0 Å². The van der Waals surface area contributed by atoms with Gasteiger partial charge in [-0.1, -0.05) is 0 Å². The lowest BCUT2D eigenvalue weighted by atomic mass is 10.1. The second-order valence-corrected chi connectivity index (χ2v) is 4.05. The molecule has 2 heterocycles. The van der Waals surface area contributed by atoms with Gasteiger partial charge in [-0.2, -0.15) is 0 Å². The lowest BCUT2D eigenvalue weighted by molar-refractivity contribution is -0.145. The van der Waals surface area contributed by atoms with Crippen LogP contribution in [0.3, 0.4) is 0 Å². The molecule has 1 aliphatic rings. The highest BCUT2D eigenvalue weighted by Crippen LogP contribution is 2.20. The van der Waals surface area contributed by atoms with Crippen molar-refractivity contribution in [1.29, 1.82) is 0 Å². The van der Waals surface area contributed by atoms with Gasteiger partial charge in [0.05, 0.1) is 17.8 Å². The number of carbonyl (C=O) groups excluding carboxylic acids is 1. The quantitative estimate of drug-likeness (QED) is 0.734. The first kappa shape index (κ1) is 9.61. The number of esters is 1. The van der Waals surface area contributed by atoms with Gasteiger partial charge in [-0.3, -0.25) is 10.1 Å². The zero-order chi connectivity index (χ0) is 9.97. The van der Waals surface area contributed by atoms with Crippen molar-refractivity contribution in [2.75, 3.05) is 6.61 Å². The Hall–Kier alpha value is -0.940. The normalized spacial score (nSPS) is 20.2. The summed E-state index contributed by atoms with van der Waals surface area (Å²) in [7, 11) is 0. The molecule has 76 valence electrons. The number of hydrogen-bond acceptors (Lipinski definition) is 5. The Bertz CT molecular complexity index is 337. The highest BCUT2D eigenvalue weighted by molar-refractivity contribution is 7.09. The van der Waals surface area contributed by atoms with Crippen LogP contribution in [0.1, 0.15) is 17.5 Å². The molecule has 0 amide bonds. The smallest absolute Gasteiger partial charge is 0.323 e. The largest absolute Gasteiger partial charge is 0.465 e. The third kappa shape index (κ3) is 1.78. The maximum absolute atomic E-state index is 11.4. The molecule has 0 fully saturated rings. The Kier molecular flexibility index (Phi) is 2.79. The first-order valence-corrected chi connectivity index (χ1v) is 5.50. The van der Waals surface area contributed by atoms with E-state index in [0.29, 0.717) is 19.6 Å². The monoisotopic (exact) mass is 212 g/mol. The van der Waals surface area contributed by atoms with E-state index in [2.05, 4.69) is 10.3 Å². The Morgan fingerprint density at radius 1 is 1.86 bits per heavy atom. The Morgan fingerprint density at radius 2 is 2.71 bits per heavy atom. The van der Waals surface area contributed by atoms with Crippen molar-refractivity contribution < 1.29 is 9.53 Å². The molecule has 0 aliphatic carbocycles. The van der Waals surface area contributed by atoms with Crippen LogP contribution < -0.4 is 5.32 Å². The number of ether oxygens (including phenoxy) is 1. The topological polar surface area (TPSA) is 51.2 Å².